The van der Waals surface area contributed by atoms with Gasteiger partial charge in [0, 0.05) is 18.1 Å². The van der Waals surface area contributed by atoms with Crippen molar-refractivity contribution in [2.45, 2.75) is 32.0 Å². The van der Waals surface area contributed by atoms with Crippen molar-refractivity contribution in [2.24, 2.45) is 0 Å². The Kier molecular flexibility index (Phi) is 6.22. The summed E-state index contributed by atoms with van der Waals surface area (Å²) in [5.41, 5.74) is 0.0518. The molecule has 0 aliphatic rings. The maximum Gasteiger partial charge on any atom is 0.416 e. The summed E-state index contributed by atoms with van der Waals surface area (Å²) in [4.78, 5) is 0. The van der Waals surface area contributed by atoms with Gasteiger partial charge in [-0.2, -0.15) is 13.2 Å². The third-order valence-corrected chi connectivity index (χ3v) is 4.13. The summed E-state index contributed by atoms with van der Waals surface area (Å²) in [7, 11) is -3.02. The third kappa shape index (κ3) is 6.48. The Labute approximate surface area is 123 Å². The number of benzene rings is 1. The molecule has 0 saturated carbocycles. The lowest BCUT2D eigenvalue weighted by atomic mass is 10.0. The van der Waals surface area contributed by atoms with Crippen molar-refractivity contribution < 1.29 is 21.6 Å². The van der Waals surface area contributed by atoms with Gasteiger partial charge in [-0.3, -0.25) is 0 Å². The summed E-state index contributed by atoms with van der Waals surface area (Å²) < 4.78 is 59.8. The van der Waals surface area contributed by atoms with Gasteiger partial charge < -0.3 is 5.32 Å². The van der Waals surface area contributed by atoms with Gasteiger partial charge in [0.15, 0.2) is 0 Å². The molecule has 0 fully saturated rings. The van der Waals surface area contributed by atoms with E-state index < -0.39 is 21.6 Å². The summed E-state index contributed by atoms with van der Waals surface area (Å²) in [6.45, 7) is 2.55. The maximum atomic E-state index is 12.5. The zero-order chi connectivity index (χ0) is 16.1. The van der Waals surface area contributed by atoms with Crippen LogP contribution in [0.4, 0.5) is 13.2 Å². The van der Waals surface area contributed by atoms with Crippen molar-refractivity contribution >= 4 is 9.84 Å². The maximum absolute atomic E-state index is 12.5. The van der Waals surface area contributed by atoms with Crippen LogP contribution in [0.1, 0.15) is 36.9 Å². The van der Waals surface area contributed by atoms with Crippen molar-refractivity contribution in [3.05, 3.63) is 35.4 Å². The first-order valence-corrected chi connectivity index (χ1v) is 8.78. The fourth-order valence-corrected chi connectivity index (χ4v) is 2.78. The first-order chi connectivity index (χ1) is 9.63. The molecule has 7 heteroatoms. The molecule has 0 saturated heterocycles. The Balaban J connectivity index is 2.76. The summed E-state index contributed by atoms with van der Waals surface area (Å²) >= 11 is 0. The van der Waals surface area contributed by atoms with E-state index in [1.54, 1.807) is 0 Å². The highest BCUT2D eigenvalue weighted by atomic mass is 32.2. The van der Waals surface area contributed by atoms with E-state index in [0.717, 1.165) is 17.7 Å². The van der Waals surface area contributed by atoms with Crippen LogP contribution in [0.25, 0.3) is 0 Å². The van der Waals surface area contributed by atoms with Gasteiger partial charge in [-0.25, -0.2) is 8.42 Å². The van der Waals surface area contributed by atoms with E-state index in [4.69, 9.17) is 0 Å². The van der Waals surface area contributed by atoms with Gasteiger partial charge in [0.05, 0.1) is 5.56 Å². The Bertz CT molecular complexity index is 538. The first kappa shape index (κ1) is 18.0. The molecule has 0 bridgehead atoms. The van der Waals surface area contributed by atoms with Gasteiger partial charge in [-0.1, -0.05) is 19.1 Å². The zero-order valence-corrected chi connectivity index (χ0v) is 12.9. The van der Waals surface area contributed by atoms with Crippen LogP contribution >= 0.6 is 0 Å². The summed E-state index contributed by atoms with van der Waals surface area (Å²) in [6.07, 6.45) is -2.14. The molecule has 1 unspecified atom stereocenters. The minimum absolute atomic E-state index is 0.0789. The van der Waals surface area contributed by atoms with Crippen LogP contribution in [-0.4, -0.2) is 27.0 Å². The highest BCUT2D eigenvalue weighted by molar-refractivity contribution is 7.90. The fraction of sp³-hybridized carbons (Fsp3) is 0.571. The minimum atomic E-state index is -4.34. The third-order valence-electron chi connectivity index (χ3n) is 3.10. The summed E-state index contributed by atoms with van der Waals surface area (Å²) in [6, 6.07) is 4.85. The molecule has 1 aromatic carbocycles. The molecule has 21 heavy (non-hydrogen) atoms. The molecule has 3 nitrogen and oxygen atoms in total. The highest BCUT2D eigenvalue weighted by Gasteiger charge is 2.30. The SMILES string of the molecule is CCNC(CCCS(C)(=O)=O)c1ccc(C(F)(F)F)cc1. The summed E-state index contributed by atoms with van der Waals surface area (Å²) in [5.74, 6) is 0.0789. The molecule has 0 heterocycles. The molecule has 0 radical (unpaired) electrons. The lowest BCUT2D eigenvalue weighted by molar-refractivity contribution is -0.137. The van der Waals surface area contributed by atoms with Crippen LogP contribution in [0, 0.1) is 0 Å². The average Bonchev–Trinajstić information content (AvgIpc) is 2.35. The van der Waals surface area contributed by atoms with Gasteiger partial charge in [0.25, 0.3) is 0 Å². The van der Waals surface area contributed by atoms with E-state index in [2.05, 4.69) is 5.32 Å². The van der Waals surface area contributed by atoms with Gasteiger partial charge in [-0.05, 0) is 37.1 Å². The molecule has 1 aromatic rings. The predicted octanol–water partition coefficient (Wildman–Crippen LogP) is 3.18. The van der Waals surface area contributed by atoms with Crippen molar-refractivity contribution in [1.82, 2.24) is 5.32 Å². The van der Waals surface area contributed by atoms with E-state index in [9.17, 15) is 21.6 Å². The van der Waals surface area contributed by atoms with E-state index in [0.29, 0.717) is 19.4 Å². The number of hydrogen-bond acceptors (Lipinski definition) is 3. The molecular weight excluding hydrogens is 303 g/mol. The number of halogens is 3. The van der Waals surface area contributed by atoms with Crippen LogP contribution in [0.3, 0.4) is 0 Å². The topological polar surface area (TPSA) is 46.2 Å². The van der Waals surface area contributed by atoms with E-state index in [1.165, 1.54) is 18.4 Å². The van der Waals surface area contributed by atoms with Crippen molar-refractivity contribution in [1.29, 1.82) is 0 Å². The smallest absolute Gasteiger partial charge is 0.310 e. The predicted molar refractivity (Wildman–Crippen MR) is 76.8 cm³/mol. The van der Waals surface area contributed by atoms with E-state index in [1.807, 2.05) is 6.92 Å². The summed E-state index contributed by atoms with van der Waals surface area (Å²) in [5, 5.41) is 3.17. The molecule has 0 aliphatic carbocycles. The van der Waals surface area contributed by atoms with Gasteiger partial charge in [0.2, 0.25) is 0 Å². The Morgan fingerprint density at radius 2 is 1.76 bits per heavy atom. The molecule has 1 rings (SSSR count). The zero-order valence-electron chi connectivity index (χ0n) is 12.1. The highest BCUT2D eigenvalue weighted by Crippen LogP contribution is 2.30. The van der Waals surface area contributed by atoms with Crippen LogP contribution in [0.5, 0.6) is 0 Å². The second-order valence-electron chi connectivity index (χ2n) is 5.00. The van der Waals surface area contributed by atoms with Crippen molar-refractivity contribution in [2.75, 3.05) is 18.6 Å². The minimum Gasteiger partial charge on any atom is -0.310 e. The molecule has 1 N–H and O–H groups in total. The molecule has 1 atom stereocenters. The van der Waals surface area contributed by atoms with E-state index >= 15 is 0 Å². The standard InChI is InChI=1S/C14H20F3NO2S/c1-3-18-13(5-4-10-21(2,19)20)11-6-8-12(9-7-11)14(15,16)17/h6-9,13,18H,3-5,10H2,1-2H3. The molecule has 0 aliphatic heterocycles. The van der Waals surface area contributed by atoms with Gasteiger partial charge >= 0.3 is 6.18 Å². The number of nitrogens with one attached hydrogen (secondary N) is 1. The average molecular weight is 323 g/mol. The Hall–Kier alpha value is -1.08. The van der Waals surface area contributed by atoms with E-state index in [-0.39, 0.29) is 11.8 Å². The van der Waals surface area contributed by atoms with Crippen molar-refractivity contribution in [3.8, 4) is 0 Å². The second-order valence-corrected chi connectivity index (χ2v) is 7.26. The van der Waals surface area contributed by atoms with Gasteiger partial charge in [-0.15, -0.1) is 0 Å². The van der Waals surface area contributed by atoms with Gasteiger partial charge in [0.1, 0.15) is 9.84 Å². The monoisotopic (exact) mass is 323 g/mol. The molecule has 0 spiro atoms. The van der Waals surface area contributed by atoms with Crippen LogP contribution in [0.15, 0.2) is 24.3 Å². The second kappa shape index (κ2) is 7.26. The lowest BCUT2D eigenvalue weighted by Crippen LogP contribution is -2.22. The first-order valence-electron chi connectivity index (χ1n) is 6.71. The Morgan fingerprint density at radius 3 is 2.19 bits per heavy atom. The molecule has 0 aromatic heterocycles. The normalized spacial score (nSPS) is 14.1. The molecule has 0 amide bonds. The largest absolute Gasteiger partial charge is 0.416 e. The number of alkyl halides is 3. The van der Waals surface area contributed by atoms with Crippen LogP contribution in [-0.2, 0) is 16.0 Å². The number of sulfone groups is 1. The lowest BCUT2D eigenvalue weighted by Gasteiger charge is -2.19. The quantitative estimate of drug-likeness (QED) is 0.838. The fourth-order valence-electron chi connectivity index (χ4n) is 2.09. The van der Waals surface area contributed by atoms with Crippen molar-refractivity contribution in [3.63, 3.8) is 0 Å². The number of hydrogen-bond donors (Lipinski definition) is 1. The number of rotatable bonds is 7. The van der Waals surface area contributed by atoms with Crippen LogP contribution in [0.2, 0.25) is 0 Å². The molecule has 120 valence electrons. The Morgan fingerprint density at radius 1 is 1.19 bits per heavy atom. The van der Waals surface area contributed by atoms with Crippen LogP contribution < -0.4 is 5.32 Å². The molecular formula is C14H20F3NO2S.